The standard InChI is InChI=1S/C11H13ClF3N3/c1-6-3-7(6)5-18(2)9-4-8(11(13,14)15)16-10(12)17-9/h4,6-7H,3,5H2,1-2H3. The van der Waals surface area contributed by atoms with Crippen LogP contribution in [0.5, 0.6) is 0 Å². The molecule has 0 saturated heterocycles. The van der Waals surface area contributed by atoms with Gasteiger partial charge >= 0.3 is 6.18 Å². The van der Waals surface area contributed by atoms with Gasteiger partial charge in [-0.15, -0.1) is 0 Å². The summed E-state index contributed by atoms with van der Waals surface area (Å²) in [4.78, 5) is 8.72. The number of nitrogens with zero attached hydrogens (tertiary/aromatic N) is 3. The Labute approximate surface area is 108 Å². The van der Waals surface area contributed by atoms with Gasteiger partial charge in [0.2, 0.25) is 5.28 Å². The maximum Gasteiger partial charge on any atom is 0.433 e. The number of rotatable bonds is 3. The fourth-order valence-electron chi connectivity index (χ4n) is 1.85. The van der Waals surface area contributed by atoms with Crippen LogP contribution in [0.2, 0.25) is 5.28 Å². The van der Waals surface area contributed by atoms with Crippen molar-refractivity contribution in [2.24, 2.45) is 11.8 Å². The van der Waals surface area contributed by atoms with Crippen molar-refractivity contribution in [2.45, 2.75) is 19.5 Å². The monoisotopic (exact) mass is 279 g/mol. The minimum Gasteiger partial charge on any atom is -0.359 e. The van der Waals surface area contributed by atoms with Crippen LogP contribution in [0.25, 0.3) is 0 Å². The minimum atomic E-state index is -4.50. The Kier molecular flexibility index (Phi) is 3.40. The minimum absolute atomic E-state index is 0.210. The summed E-state index contributed by atoms with van der Waals surface area (Å²) in [6.07, 6.45) is -3.40. The molecule has 1 saturated carbocycles. The van der Waals surface area contributed by atoms with Gasteiger partial charge in [-0.3, -0.25) is 0 Å². The van der Waals surface area contributed by atoms with Crippen molar-refractivity contribution in [3.05, 3.63) is 17.0 Å². The van der Waals surface area contributed by atoms with Gasteiger partial charge in [0.1, 0.15) is 5.82 Å². The lowest BCUT2D eigenvalue weighted by atomic mass is 10.3. The SMILES string of the molecule is CC1CC1CN(C)c1cc(C(F)(F)F)nc(Cl)n1. The van der Waals surface area contributed by atoms with Crippen LogP contribution in [0.3, 0.4) is 0 Å². The lowest BCUT2D eigenvalue weighted by Gasteiger charge is -2.19. The summed E-state index contributed by atoms with van der Waals surface area (Å²) in [6.45, 7) is 2.80. The lowest BCUT2D eigenvalue weighted by molar-refractivity contribution is -0.141. The Balaban J connectivity index is 2.19. The summed E-state index contributed by atoms with van der Waals surface area (Å²) in [7, 11) is 1.71. The van der Waals surface area contributed by atoms with Crippen LogP contribution in [-0.4, -0.2) is 23.6 Å². The number of hydrogen-bond donors (Lipinski definition) is 0. The third-order valence-electron chi connectivity index (χ3n) is 3.15. The molecule has 1 aliphatic carbocycles. The van der Waals surface area contributed by atoms with Gasteiger partial charge in [-0.1, -0.05) is 6.92 Å². The second-order valence-electron chi connectivity index (χ2n) is 4.73. The number of alkyl halides is 3. The van der Waals surface area contributed by atoms with Crippen molar-refractivity contribution in [2.75, 3.05) is 18.5 Å². The Bertz CT molecular complexity index is 450. The first-order valence-electron chi connectivity index (χ1n) is 5.60. The molecule has 18 heavy (non-hydrogen) atoms. The van der Waals surface area contributed by atoms with Crippen molar-refractivity contribution in [1.82, 2.24) is 9.97 Å². The van der Waals surface area contributed by atoms with Crippen LogP contribution in [-0.2, 0) is 6.18 Å². The largest absolute Gasteiger partial charge is 0.433 e. The van der Waals surface area contributed by atoms with E-state index < -0.39 is 11.9 Å². The summed E-state index contributed by atoms with van der Waals surface area (Å²) in [5.74, 6) is 1.37. The molecule has 0 N–H and O–H groups in total. The van der Waals surface area contributed by atoms with Crippen LogP contribution < -0.4 is 4.90 Å². The van der Waals surface area contributed by atoms with Crippen molar-refractivity contribution >= 4 is 17.4 Å². The predicted octanol–water partition coefficient (Wildman–Crippen LogP) is 3.24. The molecule has 2 unspecified atom stereocenters. The highest BCUT2D eigenvalue weighted by Gasteiger charge is 2.36. The number of halogens is 4. The molecule has 1 heterocycles. The Morgan fingerprint density at radius 1 is 1.44 bits per heavy atom. The van der Waals surface area contributed by atoms with Crippen molar-refractivity contribution in [3.63, 3.8) is 0 Å². The first-order valence-corrected chi connectivity index (χ1v) is 5.98. The van der Waals surface area contributed by atoms with E-state index in [1.807, 2.05) is 0 Å². The third-order valence-corrected chi connectivity index (χ3v) is 3.32. The molecule has 2 atom stereocenters. The summed E-state index contributed by atoms with van der Waals surface area (Å²) in [6, 6.07) is 0.929. The van der Waals surface area contributed by atoms with E-state index in [4.69, 9.17) is 11.6 Å². The van der Waals surface area contributed by atoms with Gasteiger partial charge < -0.3 is 4.90 Å². The van der Waals surface area contributed by atoms with Crippen LogP contribution in [0.4, 0.5) is 19.0 Å². The maximum atomic E-state index is 12.6. The van der Waals surface area contributed by atoms with Crippen LogP contribution >= 0.6 is 11.6 Å². The molecule has 2 rings (SSSR count). The van der Waals surface area contributed by atoms with Crippen LogP contribution in [0.15, 0.2) is 6.07 Å². The molecule has 3 nitrogen and oxygen atoms in total. The van der Waals surface area contributed by atoms with Crippen molar-refractivity contribution < 1.29 is 13.2 Å². The zero-order valence-corrected chi connectivity index (χ0v) is 10.8. The average molecular weight is 280 g/mol. The molecule has 7 heteroatoms. The van der Waals surface area contributed by atoms with Crippen molar-refractivity contribution in [1.29, 1.82) is 0 Å². The molecule has 1 aromatic heterocycles. The third kappa shape index (κ3) is 3.04. The van der Waals surface area contributed by atoms with Gasteiger partial charge in [-0.2, -0.15) is 13.2 Å². The highest BCUT2D eigenvalue weighted by molar-refractivity contribution is 6.28. The van der Waals surface area contributed by atoms with Gasteiger partial charge in [0.05, 0.1) is 0 Å². The molecule has 0 spiro atoms. The zero-order chi connectivity index (χ0) is 13.5. The molecular weight excluding hydrogens is 267 g/mol. The summed E-state index contributed by atoms with van der Waals surface area (Å²) < 4.78 is 37.7. The molecule has 0 aromatic carbocycles. The first-order chi connectivity index (χ1) is 8.27. The van der Waals surface area contributed by atoms with Gasteiger partial charge in [0.25, 0.3) is 0 Å². The van der Waals surface area contributed by atoms with E-state index >= 15 is 0 Å². The summed E-state index contributed by atoms with van der Waals surface area (Å²) in [5.41, 5.74) is -1.01. The van der Waals surface area contributed by atoms with E-state index in [-0.39, 0.29) is 11.1 Å². The van der Waals surface area contributed by atoms with E-state index in [9.17, 15) is 13.2 Å². The molecule has 1 aromatic rings. The second-order valence-corrected chi connectivity index (χ2v) is 5.07. The highest BCUT2D eigenvalue weighted by atomic mass is 35.5. The molecule has 0 aliphatic heterocycles. The summed E-state index contributed by atoms with van der Waals surface area (Å²) >= 11 is 5.53. The van der Waals surface area contributed by atoms with Crippen LogP contribution in [0, 0.1) is 11.8 Å². The van der Waals surface area contributed by atoms with Gasteiger partial charge in [0.15, 0.2) is 5.69 Å². The van der Waals surface area contributed by atoms with E-state index in [1.165, 1.54) is 0 Å². The molecule has 0 radical (unpaired) electrons. The van der Waals surface area contributed by atoms with Gasteiger partial charge in [0, 0.05) is 19.7 Å². The summed E-state index contributed by atoms with van der Waals surface area (Å²) in [5, 5.41) is -0.379. The molecule has 0 amide bonds. The fraction of sp³-hybridized carbons (Fsp3) is 0.636. The van der Waals surface area contributed by atoms with E-state index in [1.54, 1.807) is 11.9 Å². The number of aromatic nitrogens is 2. The Hall–Kier alpha value is -1.04. The first kappa shape index (κ1) is 13.4. The molecule has 1 fully saturated rings. The Morgan fingerprint density at radius 3 is 2.56 bits per heavy atom. The molecule has 100 valence electrons. The molecule has 1 aliphatic rings. The zero-order valence-electron chi connectivity index (χ0n) is 10.00. The molecular formula is C11H13ClF3N3. The average Bonchev–Trinajstić information content (AvgIpc) is 2.92. The Morgan fingerprint density at radius 2 is 2.06 bits per heavy atom. The van der Waals surface area contributed by atoms with Crippen LogP contribution in [0.1, 0.15) is 19.0 Å². The van der Waals surface area contributed by atoms with Gasteiger partial charge in [-0.25, -0.2) is 9.97 Å². The normalized spacial score (nSPS) is 23.0. The smallest absolute Gasteiger partial charge is 0.359 e. The quantitative estimate of drug-likeness (QED) is 0.796. The molecule has 0 bridgehead atoms. The van der Waals surface area contributed by atoms with Gasteiger partial charge in [-0.05, 0) is 29.9 Å². The number of anilines is 1. The lowest BCUT2D eigenvalue weighted by Crippen LogP contribution is -2.23. The topological polar surface area (TPSA) is 29.0 Å². The van der Waals surface area contributed by atoms with Crippen molar-refractivity contribution in [3.8, 4) is 0 Å². The van der Waals surface area contributed by atoms with E-state index in [0.717, 1.165) is 12.5 Å². The predicted molar refractivity (Wildman–Crippen MR) is 62.6 cm³/mol. The number of hydrogen-bond acceptors (Lipinski definition) is 3. The van der Waals surface area contributed by atoms with E-state index in [0.29, 0.717) is 18.4 Å². The van der Waals surface area contributed by atoms with E-state index in [2.05, 4.69) is 16.9 Å². The highest BCUT2D eigenvalue weighted by Crippen LogP contribution is 2.39. The second kappa shape index (κ2) is 4.57. The fourth-order valence-corrected chi connectivity index (χ4v) is 2.02. The maximum absolute atomic E-state index is 12.6.